The number of nitrogens with two attached hydrogens (primary N) is 1. The number of anilines is 1. The van der Waals surface area contributed by atoms with Crippen LogP contribution in [0.1, 0.15) is 24.6 Å². The molecule has 3 aromatic rings. The Morgan fingerprint density at radius 1 is 1.19 bits per heavy atom. The van der Waals surface area contributed by atoms with Gasteiger partial charge in [-0.3, -0.25) is 0 Å². The van der Waals surface area contributed by atoms with Gasteiger partial charge in [-0.05, 0) is 25.0 Å². The first-order valence-electron chi connectivity index (χ1n) is 6.93. The van der Waals surface area contributed by atoms with Crippen molar-refractivity contribution >= 4 is 28.5 Å². The van der Waals surface area contributed by atoms with Crippen LogP contribution in [0, 0.1) is 0 Å². The number of nitrogens with zero attached hydrogens (tertiary/aromatic N) is 2. The molecule has 1 aliphatic carbocycles. The molecule has 2 heterocycles. The van der Waals surface area contributed by atoms with E-state index in [2.05, 4.69) is 38.6 Å². The Morgan fingerprint density at radius 3 is 2.81 bits per heavy atom. The predicted octanol–water partition coefficient (Wildman–Crippen LogP) is 3.27. The molecular formula is C15H15N5S. The minimum atomic E-state index is 0.500. The van der Waals surface area contributed by atoms with Gasteiger partial charge in [-0.25, -0.2) is 15.8 Å². The average Bonchev–Trinajstić information content (AvgIpc) is 3.27. The lowest BCUT2D eigenvalue weighted by atomic mass is 10.3. The van der Waals surface area contributed by atoms with Gasteiger partial charge in [-0.1, -0.05) is 30.0 Å². The van der Waals surface area contributed by atoms with Gasteiger partial charge < -0.3 is 10.4 Å². The Balaban J connectivity index is 1.67. The van der Waals surface area contributed by atoms with E-state index < -0.39 is 0 Å². The molecule has 6 heteroatoms. The molecule has 4 rings (SSSR count). The molecule has 1 fully saturated rings. The summed E-state index contributed by atoms with van der Waals surface area (Å²) in [6.07, 6.45) is 2.34. The van der Waals surface area contributed by atoms with E-state index in [9.17, 15) is 0 Å². The van der Waals surface area contributed by atoms with Crippen LogP contribution in [-0.2, 0) is 0 Å². The second kappa shape index (κ2) is 5.05. The minimum absolute atomic E-state index is 0.500. The molecule has 5 nitrogen and oxygen atoms in total. The van der Waals surface area contributed by atoms with E-state index in [1.165, 1.54) is 18.2 Å². The van der Waals surface area contributed by atoms with Crippen molar-refractivity contribution in [2.75, 3.05) is 5.43 Å². The molecule has 1 saturated carbocycles. The SMILES string of the molecule is NNc1cc(Sc2cc3ccccc3[nH]2)nc(C2CC2)n1. The van der Waals surface area contributed by atoms with Crippen LogP contribution in [0.2, 0.25) is 0 Å². The summed E-state index contributed by atoms with van der Waals surface area (Å²) in [5.41, 5.74) is 3.76. The zero-order valence-corrected chi connectivity index (χ0v) is 12.2. The Kier molecular flexibility index (Phi) is 3.05. The Labute approximate surface area is 126 Å². The molecule has 0 bridgehead atoms. The number of para-hydroxylation sites is 1. The van der Waals surface area contributed by atoms with Crippen LogP contribution in [0.3, 0.4) is 0 Å². The van der Waals surface area contributed by atoms with Gasteiger partial charge in [0.05, 0.1) is 5.03 Å². The summed E-state index contributed by atoms with van der Waals surface area (Å²) in [7, 11) is 0. The molecular weight excluding hydrogens is 282 g/mol. The zero-order valence-electron chi connectivity index (χ0n) is 11.3. The van der Waals surface area contributed by atoms with Crippen LogP contribution in [-0.4, -0.2) is 15.0 Å². The lowest BCUT2D eigenvalue weighted by Crippen LogP contribution is -2.10. The molecule has 1 aromatic carbocycles. The maximum absolute atomic E-state index is 5.51. The second-order valence-corrected chi connectivity index (χ2v) is 6.25. The van der Waals surface area contributed by atoms with Crippen molar-refractivity contribution < 1.29 is 0 Å². The van der Waals surface area contributed by atoms with Crippen LogP contribution < -0.4 is 11.3 Å². The summed E-state index contributed by atoms with van der Waals surface area (Å²) < 4.78 is 0. The van der Waals surface area contributed by atoms with E-state index in [-0.39, 0.29) is 0 Å². The molecule has 0 atom stereocenters. The van der Waals surface area contributed by atoms with E-state index in [0.29, 0.717) is 11.7 Å². The highest BCUT2D eigenvalue weighted by atomic mass is 32.2. The predicted molar refractivity (Wildman–Crippen MR) is 84.2 cm³/mol. The lowest BCUT2D eigenvalue weighted by molar-refractivity contribution is 0.877. The van der Waals surface area contributed by atoms with Gasteiger partial charge in [0.2, 0.25) is 0 Å². The molecule has 21 heavy (non-hydrogen) atoms. The number of nitrogens with one attached hydrogen (secondary N) is 2. The maximum Gasteiger partial charge on any atom is 0.144 e. The lowest BCUT2D eigenvalue weighted by Gasteiger charge is -2.05. The van der Waals surface area contributed by atoms with Gasteiger partial charge in [-0.15, -0.1) is 0 Å². The fourth-order valence-electron chi connectivity index (χ4n) is 2.31. The summed E-state index contributed by atoms with van der Waals surface area (Å²) in [5, 5.41) is 3.18. The van der Waals surface area contributed by atoms with Crippen molar-refractivity contribution in [3.8, 4) is 0 Å². The average molecular weight is 297 g/mol. The Hall–Kier alpha value is -2.05. The molecule has 0 aliphatic heterocycles. The third-order valence-corrected chi connectivity index (χ3v) is 4.39. The van der Waals surface area contributed by atoms with Gasteiger partial charge in [-0.2, -0.15) is 0 Å². The Bertz CT molecular complexity index is 761. The third kappa shape index (κ3) is 2.59. The molecule has 2 aromatic heterocycles. The topological polar surface area (TPSA) is 79.6 Å². The smallest absolute Gasteiger partial charge is 0.144 e. The quantitative estimate of drug-likeness (QED) is 0.391. The summed E-state index contributed by atoms with van der Waals surface area (Å²) in [5.74, 6) is 7.57. The molecule has 0 spiro atoms. The van der Waals surface area contributed by atoms with Crippen LogP contribution in [0.25, 0.3) is 10.9 Å². The van der Waals surface area contributed by atoms with Crippen LogP contribution in [0.4, 0.5) is 5.82 Å². The van der Waals surface area contributed by atoms with E-state index in [1.54, 1.807) is 11.8 Å². The fraction of sp³-hybridized carbons (Fsp3) is 0.200. The van der Waals surface area contributed by atoms with E-state index in [0.717, 1.165) is 21.4 Å². The largest absolute Gasteiger partial charge is 0.349 e. The summed E-state index contributed by atoms with van der Waals surface area (Å²) in [6, 6.07) is 12.2. The first-order valence-corrected chi connectivity index (χ1v) is 7.75. The standard InChI is InChI=1S/C15H15N5S/c16-20-12-8-14(19-15(18-12)9-5-6-9)21-13-7-10-3-1-2-4-11(10)17-13/h1-4,7-9,17H,5-6,16H2,(H,18,19,20). The van der Waals surface area contributed by atoms with Crippen molar-refractivity contribution in [1.29, 1.82) is 0 Å². The number of aromatic nitrogens is 3. The number of hydrogen-bond donors (Lipinski definition) is 3. The molecule has 0 unspecified atom stereocenters. The first-order chi connectivity index (χ1) is 10.3. The number of nitrogen functional groups attached to an aromatic ring is 1. The van der Waals surface area contributed by atoms with E-state index >= 15 is 0 Å². The zero-order chi connectivity index (χ0) is 14.2. The van der Waals surface area contributed by atoms with Gasteiger partial charge >= 0.3 is 0 Å². The summed E-state index contributed by atoms with van der Waals surface area (Å²) in [6.45, 7) is 0. The van der Waals surface area contributed by atoms with E-state index in [4.69, 9.17) is 5.84 Å². The van der Waals surface area contributed by atoms with Crippen LogP contribution in [0.5, 0.6) is 0 Å². The van der Waals surface area contributed by atoms with Crippen molar-refractivity contribution in [1.82, 2.24) is 15.0 Å². The highest BCUT2D eigenvalue weighted by Crippen LogP contribution is 2.39. The number of rotatable bonds is 4. The Morgan fingerprint density at radius 2 is 2.05 bits per heavy atom. The monoisotopic (exact) mass is 297 g/mol. The number of aromatic amines is 1. The summed E-state index contributed by atoms with van der Waals surface area (Å²) in [4.78, 5) is 12.5. The summed E-state index contributed by atoms with van der Waals surface area (Å²) >= 11 is 1.60. The fourth-order valence-corrected chi connectivity index (χ4v) is 3.19. The third-order valence-electron chi connectivity index (χ3n) is 3.53. The first kappa shape index (κ1) is 12.7. The molecule has 4 N–H and O–H groups in total. The van der Waals surface area contributed by atoms with Crippen molar-refractivity contribution in [2.45, 2.75) is 28.8 Å². The number of hydrazine groups is 1. The van der Waals surface area contributed by atoms with Crippen molar-refractivity contribution in [2.24, 2.45) is 5.84 Å². The van der Waals surface area contributed by atoms with Gasteiger partial charge in [0.1, 0.15) is 16.7 Å². The molecule has 0 saturated heterocycles. The minimum Gasteiger partial charge on any atom is -0.349 e. The van der Waals surface area contributed by atoms with Gasteiger partial charge in [0, 0.05) is 22.9 Å². The molecule has 0 radical (unpaired) electrons. The van der Waals surface area contributed by atoms with Crippen LogP contribution >= 0.6 is 11.8 Å². The highest BCUT2D eigenvalue weighted by Gasteiger charge is 2.27. The normalized spacial score (nSPS) is 14.5. The molecule has 1 aliphatic rings. The van der Waals surface area contributed by atoms with Gasteiger partial charge in [0.25, 0.3) is 0 Å². The number of benzene rings is 1. The van der Waals surface area contributed by atoms with Crippen LogP contribution in [0.15, 0.2) is 46.5 Å². The number of fused-ring (bicyclic) bond motifs is 1. The maximum atomic E-state index is 5.51. The number of hydrogen-bond acceptors (Lipinski definition) is 5. The van der Waals surface area contributed by atoms with E-state index in [1.807, 2.05) is 18.2 Å². The highest BCUT2D eigenvalue weighted by molar-refractivity contribution is 7.99. The van der Waals surface area contributed by atoms with Crippen molar-refractivity contribution in [3.05, 3.63) is 42.2 Å². The van der Waals surface area contributed by atoms with Gasteiger partial charge in [0.15, 0.2) is 0 Å². The number of H-pyrrole nitrogens is 1. The van der Waals surface area contributed by atoms with Crippen molar-refractivity contribution in [3.63, 3.8) is 0 Å². The second-order valence-electron chi connectivity index (χ2n) is 5.19. The molecule has 0 amide bonds. The molecule has 106 valence electrons.